The van der Waals surface area contributed by atoms with E-state index >= 15 is 0 Å². The van der Waals surface area contributed by atoms with E-state index in [4.69, 9.17) is 5.73 Å². The molecule has 0 aliphatic heterocycles. The largest absolute Gasteiger partial charge is 0.330 e. The molecule has 0 fully saturated rings. The fourth-order valence-electron chi connectivity index (χ4n) is 1.78. The zero-order valence-electron chi connectivity index (χ0n) is 12.3. The molecule has 4 heteroatoms. The first kappa shape index (κ1) is 16.8. The number of likely N-dealkylation sites (N-methyl/N-ethyl adjacent to an activating group) is 1. The molecule has 0 aliphatic carbocycles. The lowest BCUT2D eigenvalue weighted by molar-refractivity contribution is 0.311. The average molecular weight is 244 g/mol. The Bertz CT molecular complexity index is 190. The van der Waals surface area contributed by atoms with Crippen LogP contribution in [-0.2, 0) is 0 Å². The van der Waals surface area contributed by atoms with E-state index in [-0.39, 0.29) is 11.1 Å². The molecule has 0 bridgehead atoms. The van der Waals surface area contributed by atoms with Crippen LogP contribution < -0.4 is 21.7 Å². The summed E-state index contributed by atoms with van der Waals surface area (Å²) in [6.45, 7) is 12.7. The lowest BCUT2D eigenvalue weighted by Gasteiger charge is -2.31. The van der Waals surface area contributed by atoms with Crippen LogP contribution >= 0.6 is 0 Å². The van der Waals surface area contributed by atoms with Gasteiger partial charge in [0.25, 0.3) is 0 Å². The van der Waals surface area contributed by atoms with Crippen LogP contribution in [0.4, 0.5) is 0 Å². The Balaban J connectivity index is 3.77. The molecule has 0 unspecified atom stereocenters. The van der Waals surface area contributed by atoms with Gasteiger partial charge in [0, 0.05) is 24.2 Å². The summed E-state index contributed by atoms with van der Waals surface area (Å²) in [6, 6.07) is 0. The van der Waals surface area contributed by atoms with Crippen molar-refractivity contribution in [3.05, 3.63) is 0 Å². The molecule has 104 valence electrons. The molecule has 5 N–H and O–H groups in total. The van der Waals surface area contributed by atoms with Crippen LogP contribution in [0.2, 0.25) is 0 Å². The van der Waals surface area contributed by atoms with Gasteiger partial charge in [-0.3, -0.25) is 0 Å². The van der Waals surface area contributed by atoms with E-state index in [0.717, 1.165) is 39.0 Å². The van der Waals surface area contributed by atoms with Gasteiger partial charge in [-0.05, 0) is 60.7 Å². The van der Waals surface area contributed by atoms with Crippen LogP contribution in [0.1, 0.15) is 40.5 Å². The molecule has 0 spiro atoms. The summed E-state index contributed by atoms with van der Waals surface area (Å²) in [4.78, 5) is 0. The van der Waals surface area contributed by atoms with Crippen LogP contribution in [-0.4, -0.2) is 44.3 Å². The van der Waals surface area contributed by atoms with Gasteiger partial charge in [-0.1, -0.05) is 0 Å². The van der Waals surface area contributed by atoms with Crippen molar-refractivity contribution < 1.29 is 0 Å². The Morgan fingerprint density at radius 3 is 1.88 bits per heavy atom. The Labute approximate surface area is 107 Å². The van der Waals surface area contributed by atoms with E-state index in [0.29, 0.717) is 0 Å². The molecule has 0 saturated heterocycles. The summed E-state index contributed by atoms with van der Waals surface area (Å²) in [5, 5.41) is 10.3. The minimum absolute atomic E-state index is 0.149. The van der Waals surface area contributed by atoms with Gasteiger partial charge in [0.15, 0.2) is 0 Å². The summed E-state index contributed by atoms with van der Waals surface area (Å²) < 4.78 is 0. The summed E-state index contributed by atoms with van der Waals surface area (Å²) in [7, 11) is 1.98. The van der Waals surface area contributed by atoms with Gasteiger partial charge >= 0.3 is 0 Å². The standard InChI is InChI=1S/C13H32N4/c1-12(2,6-8-14)16-9-7-13(3,4)17-11-10-15-5/h15-17H,6-11,14H2,1-5H3. The molecule has 0 aliphatic rings. The monoisotopic (exact) mass is 244 g/mol. The van der Waals surface area contributed by atoms with Crippen molar-refractivity contribution in [1.29, 1.82) is 0 Å². The second-order valence-corrected chi connectivity index (χ2v) is 6.01. The fraction of sp³-hybridized carbons (Fsp3) is 1.00. The maximum Gasteiger partial charge on any atom is 0.0137 e. The lowest BCUT2D eigenvalue weighted by Crippen LogP contribution is -2.47. The predicted molar refractivity (Wildman–Crippen MR) is 76.4 cm³/mol. The van der Waals surface area contributed by atoms with Crippen molar-refractivity contribution in [3.8, 4) is 0 Å². The molecule has 0 aromatic rings. The van der Waals surface area contributed by atoms with E-state index in [1.165, 1.54) is 0 Å². The van der Waals surface area contributed by atoms with Gasteiger partial charge in [0.2, 0.25) is 0 Å². The molecule has 0 aromatic carbocycles. The Morgan fingerprint density at radius 2 is 1.35 bits per heavy atom. The summed E-state index contributed by atoms with van der Waals surface area (Å²) >= 11 is 0. The number of hydrogen-bond acceptors (Lipinski definition) is 4. The topological polar surface area (TPSA) is 62.1 Å². The minimum Gasteiger partial charge on any atom is -0.330 e. The van der Waals surface area contributed by atoms with Crippen molar-refractivity contribution in [2.24, 2.45) is 5.73 Å². The first-order chi connectivity index (χ1) is 7.83. The second-order valence-electron chi connectivity index (χ2n) is 6.01. The molecule has 0 saturated carbocycles. The Hall–Kier alpha value is -0.160. The molecule has 17 heavy (non-hydrogen) atoms. The van der Waals surface area contributed by atoms with Crippen molar-refractivity contribution in [1.82, 2.24) is 16.0 Å². The van der Waals surface area contributed by atoms with Crippen LogP contribution in [0.5, 0.6) is 0 Å². The van der Waals surface area contributed by atoms with Gasteiger partial charge in [-0.2, -0.15) is 0 Å². The highest BCUT2D eigenvalue weighted by molar-refractivity contribution is 4.82. The Kier molecular flexibility index (Phi) is 7.96. The molecule has 4 nitrogen and oxygen atoms in total. The molecule has 0 atom stereocenters. The maximum atomic E-state index is 5.59. The second kappa shape index (κ2) is 8.03. The van der Waals surface area contributed by atoms with Crippen molar-refractivity contribution in [2.45, 2.75) is 51.6 Å². The molecule has 0 rings (SSSR count). The smallest absolute Gasteiger partial charge is 0.0137 e. The molecule has 0 aromatic heterocycles. The third kappa shape index (κ3) is 9.53. The van der Waals surface area contributed by atoms with Crippen LogP contribution in [0.25, 0.3) is 0 Å². The summed E-state index contributed by atoms with van der Waals surface area (Å²) in [5.74, 6) is 0. The van der Waals surface area contributed by atoms with Gasteiger partial charge in [-0.15, -0.1) is 0 Å². The number of nitrogens with two attached hydrogens (primary N) is 1. The molecule has 0 amide bonds. The van der Waals surface area contributed by atoms with Gasteiger partial charge in [-0.25, -0.2) is 0 Å². The third-order valence-electron chi connectivity index (χ3n) is 3.10. The zero-order chi connectivity index (χ0) is 13.4. The van der Waals surface area contributed by atoms with Crippen LogP contribution in [0, 0.1) is 0 Å². The summed E-state index contributed by atoms with van der Waals surface area (Å²) in [6.07, 6.45) is 2.13. The fourth-order valence-corrected chi connectivity index (χ4v) is 1.78. The van der Waals surface area contributed by atoms with Crippen molar-refractivity contribution >= 4 is 0 Å². The predicted octanol–water partition coefficient (Wildman–Crippen LogP) is 0.681. The first-order valence-electron chi connectivity index (χ1n) is 6.68. The number of hydrogen-bond donors (Lipinski definition) is 4. The van der Waals surface area contributed by atoms with Crippen LogP contribution in [0.3, 0.4) is 0 Å². The van der Waals surface area contributed by atoms with E-state index in [1.807, 2.05) is 7.05 Å². The van der Waals surface area contributed by atoms with E-state index < -0.39 is 0 Å². The minimum atomic E-state index is 0.149. The van der Waals surface area contributed by atoms with E-state index in [1.54, 1.807) is 0 Å². The van der Waals surface area contributed by atoms with Gasteiger partial charge in [0.1, 0.15) is 0 Å². The number of rotatable bonds is 10. The zero-order valence-corrected chi connectivity index (χ0v) is 12.3. The lowest BCUT2D eigenvalue weighted by atomic mass is 9.97. The average Bonchev–Trinajstić information content (AvgIpc) is 2.16. The van der Waals surface area contributed by atoms with E-state index in [2.05, 4.69) is 43.6 Å². The molecule has 0 heterocycles. The van der Waals surface area contributed by atoms with Crippen molar-refractivity contribution in [2.75, 3.05) is 33.2 Å². The molecular formula is C13H32N4. The highest BCUT2D eigenvalue weighted by Crippen LogP contribution is 2.10. The maximum absolute atomic E-state index is 5.59. The normalized spacial score (nSPS) is 13.1. The molecular weight excluding hydrogens is 212 g/mol. The third-order valence-corrected chi connectivity index (χ3v) is 3.10. The van der Waals surface area contributed by atoms with Crippen LogP contribution in [0.15, 0.2) is 0 Å². The Morgan fingerprint density at radius 1 is 0.824 bits per heavy atom. The van der Waals surface area contributed by atoms with Crippen molar-refractivity contribution in [3.63, 3.8) is 0 Å². The van der Waals surface area contributed by atoms with E-state index in [9.17, 15) is 0 Å². The number of nitrogens with one attached hydrogen (secondary N) is 3. The van der Waals surface area contributed by atoms with Gasteiger partial charge < -0.3 is 21.7 Å². The van der Waals surface area contributed by atoms with Gasteiger partial charge in [0.05, 0.1) is 0 Å². The quantitative estimate of drug-likeness (QED) is 0.427. The summed E-state index contributed by atoms with van der Waals surface area (Å²) in [5.41, 5.74) is 5.93. The molecule has 0 radical (unpaired) electrons. The highest BCUT2D eigenvalue weighted by atomic mass is 15.0. The first-order valence-corrected chi connectivity index (χ1v) is 6.68. The SMILES string of the molecule is CNCCNC(C)(C)CCNC(C)(C)CCN. The highest BCUT2D eigenvalue weighted by Gasteiger charge is 2.19.